The molecule has 0 aromatic rings. The molecule has 0 heterocycles. The van der Waals surface area contributed by atoms with Crippen LogP contribution in [-0.2, 0) is 0 Å². The highest BCUT2D eigenvalue weighted by atomic mass is 16.3. The van der Waals surface area contributed by atoms with Crippen molar-refractivity contribution in [3.8, 4) is 0 Å². The van der Waals surface area contributed by atoms with Gasteiger partial charge in [0.25, 0.3) is 0 Å². The van der Waals surface area contributed by atoms with Gasteiger partial charge in [0.05, 0.1) is 6.10 Å². The van der Waals surface area contributed by atoms with Gasteiger partial charge in [-0.1, -0.05) is 60.8 Å². The van der Waals surface area contributed by atoms with Crippen LogP contribution in [0.4, 0.5) is 0 Å². The molecule has 0 aromatic carbocycles. The second kappa shape index (κ2) is 7.83. The second-order valence-corrected chi connectivity index (χ2v) is 13.3. The highest BCUT2D eigenvalue weighted by Crippen LogP contribution is 2.73. The summed E-state index contributed by atoms with van der Waals surface area (Å²) in [7, 11) is 0. The minimum Gasteiger partial charge on any atom is -0.393 e. The number of aliphatic hydroxyl groups is 1. The van der Waals surface area contributed by atoms with Gasteiger partial charge in [-0.2, -0.15) is 0 Å². The molecule has 0 amide bonds. The molecule has 0 aliphatic heterocycles. The molecule has 4 saturated carbocycles. The zero-order valence-electron chi connectivity index (χ0n) is 20.5. The third-order valence-corrected chi connectivity index (χ3v) is 11.4. The van der Waals surface area contributed by atoms with Crippen LogP contribution in [0.3, 0.4) is 0 Å². The van der Waals surface area contributed by atoms with E-state index in [-0.39, 0.29) is 6.10 Å². The lowest BCUT2D eigenvalue weighted by atomic mass is 9.39. The highest BCUT2D eigenvalue weighted by Gasteiger charge is 2.65. The van der Waals surface area contributed by atoms with Gasteiger partial charge < -0.3 is 5.11 Å². The number of hydrogen-bond donors (Lipinski definition) is 1. The first-order valence-corrected chi connectivity index (χ1v) is 13.3. The van der Waals surface area contributed by atoms with E-state index in [2.05, 4.69) is 41.5 Å². The third-order valence-electron chi connectivity index (χ3n) is 11.4. The minimum atomic E-state index is -0.0196. The van der Waals surface area contributed by atoms with Gasteiger partial charge in [-0.15, -0.1) is 0 Å². The first-order chi connectivity index (χ1) is 13.6. The van der Waals surface area contributed by atoms with Crippen LogP contribution < -0.4 is 0 Å². The maximum absolute atomic E-state index is 10.3. The molecule has 4 rings (SSSR count). The molecule has 1 N–H and O–H groups in total. The minimum absolute atomic E-state index is 0.0196. The molecule has 9 atom stereocenters. The largest absolute Gasteiger partial charge is 0.393 e. The van der Waals surface area contributed by atoms with Gasteiger partial charge in [0, 0.05) is 0 Å². The van der Waals surface area contributed by atoms with Crippen molar-refractivity contribution in [3.63, 3.8) is 0 Å². The van der Waals surface area contributed by atoms with Crippen LogP contribution in [0.1, 0.15) is 119 Å². The van der Waals surface area contributed by atoms with E-state index in [0.717, 1.165) is 48.3 Å². The summed E-state index contributed by atoms with van der Waals surface area (Å²) in [5.74, 6) is 5.33. The fraction of sp³-hybridized carbons (Fsp3) is 1.00. The van der Waals surface area contributed by atoms with E-state index in [4.69, 9.17) is 0 Å². The van der Waals surface area contributed by atoms with Gasteiger partial charge >= 0.3 is 0 Å². The van der Waals surface area contributed by atoms with Crippen LogP contribution in [0.5, 0.6) is 0 Å². The average molecular weight is 403 g/mol. The summed E-state index contributed by atoms with van der Waals surface area (Å²) in [5, 5.41) is 10.3. The van der Waals surface area contributed by atoms with Crippen molar-refractivity contribution in [1.29, 1.82) is 0 Å². The summed E-state index contributed by atoms with van der Waals surface area (Å²) < 4.78 is 0. The molecular weight excluding hydrogens is 352 g/mol. The normalized spacial score (nSPS) is 50.7. The molecule has 0 aromatic heterocycles. The molecule has 0 radical (unpaired) electrons. The standard InChI is InChI=1S/C28H50O/c1-19(2)8-7-9-20(3)23-10-11-24-27(23,5)17-14-25-26(4)16-13-22(29)18-21(26)12-15-28(24,25)6/h19-25,29H,7-18H2,1-6H3/t20-,21+,22+,23-,24-,25-,26+,27-,28+/m1/s1. The smallest absolute Gasteiger partial charge is 0.0543 e. The first kappa shape index (κ1) is 22.2. The van der Waals surface area contributed by atoms with Crippen LogP contribution in [0.25, 0.3) is 0 Å². The Kier molecular flexibility index (Phi) is 5.98. The molecule has 29 heavy (non-hydrogen) atoms. The van der Waals surface area contributed by atoms with Crippen LogP contribution in [0, 0.1) is 51.8 Å². The van der Waals surface area contributed by atoms with Crippen molar-refractivity contribution in [2.24, 2.45) is 51.8 Å². The summed E-state index contributed by atoms with van der Waals surface area (Å²) in [5.41, 5.74) is 1.63. The van der Waals surface area contributed by atoms with E-state index < -0.39 is 0 Å². The summed E-state index contributed by atoms with van der Waals surface area (Å²) in [6, 6.07) is 0. The number of fused-ring (bicyclic) bond motifs is 5. The lowest BCUT2D eigenvalue weighted by Gasteiger charge is -2.66. The Balaban J connectivity index is 1.52. The molecule has 0 spiro atoms. The van der Waals surface area contributed by atoms with Crippen molar-refractivity contribution < 1.29 is 5.11 Å². The first-order valence-electron chi connectivity index (χ1n) is 13.3. The maximum atomic E-state index is 10.3. The fourth-order valence-electron chi connectivity index (χ4n) is 9.94. The van der Waals surface area contributed by atoms with E-state index in [1.807, 2.05) is 0 Å². The van der Waals surface area contributed by atoms with Gasteiger partial charge in [0.1, 0.15) is 0 Å². The summed E-state index contributed by atoms with van der Waals surface area (Å²) in [6.45, 7) is 15.4. The van der Waals surface area contributed by atoms with Gasteiger partial charge in [0.2, 0.25) is 0 Å². The van der Waals surface area contributed by atoms with E-state index in [0.29, 0.717) is 16.2 Å². The molecule has 0 bridgehead atoms. The van der Waals surface area contributed by atoms with Gasteiger partial charge in [-0.05, 0) is 110 Å². The van der Waals surface area contributed by atoms with E-state index in [1.54, 1.807) is 0 Å². The van der Waals surface area contributed by atoms with Crippen LogP contribution >= 0.6 is 0 Å². The van der Waals surface area contributed by atoms with Crippen molar-refractivity contribution in [1.82, 2.24) is 0 Å². The Morgan fingerprint density at radius 3 is 2.14 bits per heavy atom. The predicted molar refractivity (Wildman–Crippen MR) is 124 cm³/mol. The maximum Gasteiger partial charge on any atom is 0.0543 e. The second-order valence-electron chi connectivity index (χ2n) is 13.3. The Hall–Kier alpha value is -0.0400. The van der Waals surface area contributed by atoms with Crippen molar-refractivity contribution in [2.45, 2.75) is 125 Å². The Morgan fingerprint density at radius 2 is 1.41 bits per heavy atom. The zero-order valence-corrected chi connectivity index (χ0v) is 20.5. The molecule has 4 aliphatic carbocycles. The number of hydrogen-bond acceptors (Lipinski definition) is 1. The number of rotatable bonds is 5. The van der Waals surface area contributed by atoms with Crippen LogP contribution in [-0.4, -0.2) is 11.2 Å². The Labute approximate surface area is 181 Å². The Bertz CT molecular complexity index is 583. The SMILES string of the molecule is CC(C)CCC[C@@H](C)[C@H]1CC[C@H]2[C@]3(C)CC[C@H]4C[C@@H](O)CC[C@]4(C)[C@H]3CC[C@@]21C. The Morgan fingerprint density at radius 1 is 0.759 bits per heavy atom. The molecule has 0 saturated heterocycles. The fourth-order valence-corrected chi connectivity index (χ4v) is 9.94. The van der Waals surface area contributed by atoms with Gasteiger partial charge in [-0.3, -0.25) is 0 Å². The van der Waals surface area contributed by atoms with Crippen molar-refractivity contribution >= 4 is 0 Å². The van der Waals surface area contributed by atoms with E-state index >= 15 is 0 Å². The average Bonchev–Trinajstić information content (AvgIpc) is 3.00. The molecule has 1 nitrogen and oxygen atoms in total. The molecule has 0 unspecified atom stereocenters. The van der Waals surface area contributed by atoms with Gasteiger partial charge in [-0.25, -0.2) is 0 Å². The topological polar surface area (TPSA) is 20.2 Å². The predicted octanol–water partition coefficient (Wildman–Crippen LogP) is 7.86. The summed E-state index contributed by atoms with van der Waals surface area (Å²) in [4.78, 5) is 0. The highest BCUT2D eigenvalue weighted by molar-refractivity contribution is 5.14. The molecule has 4 fully saturated rings. The van der Waals surface area contributed by atoms with Crippen molar-refractivity contribution in [2.75, 3.05) is 0 Å². The third kappa shape index (κ3) is 3.54. The summed E-state index contributed by atoms with van der Waals surface area (Å²) >= 11 is 0. The molecule has 1 heteroatoms. The van der Waals surface area contributed by atoms with Crippen LogP contribution in [0.2, 0.25) is 0 Å². The lowest BCUT2D eigenvalue weighted by molar-refractivity contribution is -0.176. The van der Waals surface area contributed by atoms with Crippen molar-refractivity contribution in [3.05, 3.63) is 0 Å². The molecular formula is C28H50O. The van der Waals surface area contributed by atoms with Crippen LogP contribution in [0.15, 0.2) is 0 Å². The molecule has 4 aliphatic rings. The van der Waals surface area contributed by atoms with E-state index in [9.17, 15) is 5.11 Å². The molecule has 168 valence electrons. The lowest BCUT2D eigenvalue weighted by Crippen LogP contribution is -2.59. The van der Waals surface area contributed by atoms with Gasteiger partial charge in [0.15, 0.2) is 0 Å². The van der Waals surface area contributed by atoms with E-state index in [1.165, 1.54) is 64.2 Å². The monoisotopic (exact) mass is 402 g/mol. The number of aliphatic hydroxyl groups excluding tert-OH is 1. The quantitative estimate of drug-likeness (QED) is 0.496. The zero-order chi connectivity index (χ0) is 21.0. The summed E-state index contributed by atoms with van der Waals surface area (Å²) in [6.07, 6.45) is 16.4.